The van der Waals surface area contributed by atoms with Gasteiger partial charge in [-0.1, -0.05) is 6.92 Å². The quantitative estimate of drug-likeness (QED) is 0.843. The minimum absolute atomic E-state index is 0.154. The van der Waals surface area contributed by atoms with Gasteiger partial charge in [0.2, 0.25) is 0 Å². The van der Waals surface area contributed by atoms with Gasteiger partial charge in [0.25, 0.3) is 0 Å². The minimum atomic E-state index is -0.801. The van der Waals surface area contributed by atoms with Crippen molar-refractivity contribution >= 4 is 16.6 Å². The first kappa shape index (κ1) is 12.7. The molecule has 5 heteroatoms. The van der Waals surface area contributed by atoms with Crippen LogP contribution in [0.4, 0.5) is 5.82 Å². The highest BCUT2D eigenvalue weighted by molar-refractivity contribution is 7.84. The van der Waals surface area contributed by atoms with Gasteiger partial charge in [-0.2, -0.15) is 5.26 Å². The Morgan fingerprint density at radius 3 is 3.06 bits per heavy atom. The Bertz CT molecular complexity index is 414. The highest BCUT2D eigenvalue weighted by atomic mass is 32.2. The summed E-state index contributed by atoms with van der Waals surface area (Å²) in [6.45, 7) is 2.62. The van der Waals surface area contributed by atoms with Gasteiger partial charge in [0, 0.05) is 35.0 Å². The average molecular weight is 237 g/mol. The third-order valence-electron chi connectivity index (χ3n) is 2.34. The van der Waals surface area contributed by atoms with E-state index in [-0.39, 0.29) is 5.25 Å². The molecule has 1 rings (SSSR count). The van der Waals surface area contributed by atoms with Gasteiger partial charge in [0.05, 0.1) is 5.56 Å². The Morgan fingerprint density at radius 2 is 2.44 bits per heavy atom. The van der Waals surface area contributed by atoms with Gasteiger partial charge < -0.3 is 5.32 Å². The summed E-state index contributed by atoms with van der Waals surface area (Å²) < 4.78 is 11.1. The normalized spacial score (nSPS) is 13.8. The summed E-state index contributed by atoms with van der Waals surface area (Å²) in [6, 6.07) is 5.52. The summed E-state index contributed by atoms with van der Waals surface area (Å²) in [4.78, 5) is 4.08. The number of rotatable bonds is 5. The lowest BCUT2D eigenvalue weighted by Crippen LogP contribution is -2.15. The van der Waals surface area contributed by atoms with Crippen LogP contribution >= 0.6 is 0 Å². The van der Waals surface area contributed by atoms with E-state index < -0.39 is 10.8 Å². The topological polar surface area (TPSA) is 65.8 Å². The number of pyridine rings is 1. The second-order valence-corrected chi connectivity index (χ2v) is 5.34. The van der Waals surface area contributed by atoms with Crippen molar-refractivity contribution in [2.24, 2.45) is 0 Å². The Hall–Kier alpha value is -1.41. The van der Waals surface area contributed by atoms with Crippen LogP contribution in [-0.4, -0.2) is 27.2 Å². The molecule has 0 bridgehead atoms. The molecule has 4 nitrogen and oxygen atoms in total. The van der Waals surface area contributed by atoms with Crippen molar-refractivity contribution in [1.29, 1.82) is 5.26 Å². The van der Waals surface area contributed by atoms with Gasteiger partial charge >= 0.3 is 0 Å². The second kappa shape index (κ2) is 6.23. The van der Waals surface area contributed by atoms with Crippen LogP contribution in [0.5, 0.6) is 0 Å². The Balaban J connectivity index is 2.49. The van der Waals surface area contributed by atoms with E-state index in [1.54, 1.807) is 24.6 Å². The van der Waals surface area contributed by atoms with E-state index in [0.29, 0.717) is 17.9 Å². The molecule has 1 aromatic heterocycles. The molecule has 0 aliphatic rings. The van der Waals surface area contributed by atoms with E-state index in [1.807, 2.05) is 6.92 Å². The molecular weight excluding hydrogens is 222 g/mol. The van der Waals surface area contributed by atoms with Gasteiger partial charge in [-0.15, -0.1) is 0 Å². The molecule has 0 aliphatic carbocycles. The highest BCUT2D eigenvalue weighted by Gasteiger charge is 2.06. The Morgan fingerprint density at radius 1 is 1.69 bits per heavy atom. The van der Waals surface area contributed by atoms with Gasteiger partial charge in [-0.05, 0) is 18.6 Å². The summed E-state index contributed by atoms with van der Waals surface area (Å²) in [6.07, 6.45) is 4.14. The van der Waals surface area contributed by atoms with Gasteiger partial charge in [0.15, 0.2) is 0 Å². The maximum absolute atomic E-state index is 11.1. The zero-order valence-corrected chi connectivity index (χ0v) is 10.3. The van der Waals surface area contributed by atoms with E-state index in [1.165, 1.54) is 0 Å². The molecule has 0 radical (unpaired) electrons. The highest BCUT2D eigenvalue weighted by Crippen LogP contribution is 2.10. The van der Waals surface area contributed by atoms with Crippen LogP contribution in [0.3, 0.4) is 0 Å². The fraction of sp³-hybridized carbons (Fsp3) is 0.455. The Labute approximate surface area is 98.2 Å². The molecule has 1 aromatic rings. The fourth-order valence-electron chi connectivity index (χ4n) is 1.20. The molecule has 2 unspecified atom stereocenters. The standard InChI is InChI=1S/C11H15N3OS/c1-9(16(2)15)5-7-14-11-10(8-12)4-3-6-13-11/h3-4,6,9H,5,7H2,1-2H3,(H,13,14). The van der Waals surface area contributed by atoms with Crippen LogP contribution in [0.25, 0.3) is 0 Å². The number of hydrogen-bond acceptors (Lipinski definition) is 4. The molecule has 16 heavy (non-hydrogen) atoms. The van der Waals surface area contributed by atoms with Crippen LogP contribution in [0, 0.1) is 11.3 Å². The molecular formula is C11H15N3OS. The maximum Gasteiger partial charge on any atom is 0.143 e. The summed E-state index contributed by atoms with van der Waals surface area (Å²) >= 11 is 0. The van der Waals surface area contributed by atoms with E-state index in [4.69, 9.17) is 5.26 Å². The monoisotopic (exact) mass is 237 g/mol. The Kier molecular flexibility index (Phi) is 4.93. The first-order valence-electron chi connectivity index (χ1n) is 5.06. The number of aromatic nitrogens is 1. The molecule has 0 amide bonds. The number of nitrogens with zero attached hydrogens (tertiary/aromatic N) is 2. The maximum atomic E-state index is 11.1. The van der Waals surface area contributed by atoms with Crippen molar-refractivity contribution < 1.29 is 4.21 Å². The van der Waals surface area contributed by atoms with Crippen molar-refractivity contribution in [3.05, 3.63) is 23.9 Å². The van der Waals surface area contributed by atoms with E-state index in [0.717, 1.165) is 6.42 Å². The lowest BCUT2D eigenvalue weighted by atomic mass is 10.2. The number of anilines is 1. The molecule has 1 N–H and O–H groups in total. The van der Waals surface area contributed by atoms with Crippen LogP contribution < -0.4 is 5.32 Å². The third-order valence-corrected chi connectivity index (χ3v) is 3.71. The van der Waals surface area contributed by atoms with Crippen molar-refractivity contribution in [3.8, 4) is 6.07 Å². The van der Waals surface area contributed by atoms with Gasteiger partial charge in [-0.3, -0.25) is 4.21 Å². The number of nitrogens with one attached hydrogen (secondary N) is 1. The molecule has 1 heterocycles. The minimum Gasteiger partial charge on any atom is -0.369 e. The second-order valence-electron chi connectivity index (χ2n) is 3.54. The van der Waals surface area contributed by atoms with Crippen LogP contribution in [-0.2, 0) is 10.8 Å². The van der Waals surface area contributed by atoms with Crippen molar-refractivity contribution in [2.75, 3.05) is 18.1 Å². The van der Waals surface area contributed by atoms with Crippen molar-refractivity contribution in [1.82, 2.24) is 4.98 Å². The summed E-state index contributed by atoms with van der Waals surface area (Å²) in [5.41, 5.74) is 0.535. The van der Waals surface area contributed by atoms with E-state index >= 15 is 0 Å². The molecule has 0 aliphatic heterocycles. The molecule has 0 fully saturated rings. The number of hydrogen-bond donors (Lipinski definition) is 1. The largest absolute Gasteiger partial charge is 0.369 e. The first-order valence-corrected chi connectivity index (χ1v) is 6.68. The van der Waals surface area contributed by atoms with E-state index in [2.05, 4.69) is 16.4 Å². The predicted octanol–water partition coefficient (Wildman–Crippen LogP) is 1.52. The summed E-state index contributed by atoms with van der Waals surface area (Å²) in [5.74, 6) is 0.596. The molecule has 0 saturated heterocycles. The van der Waals surface area contributed by atoms with Crippen LogP contribution in [0.15, 0.2) is 18.3 Å². The molecule has 0 saturated carbocycles. The zero-order valence-electron chi connectivity index (χ0n) is 9.43. The SMILES string of the molecule is CC(CCNc1ncccc1C#N)S(C)=O. The van der Waals surface area contributed by atoms with Crippen LogP contribution in [0.2, 0.25) is 0 Å². The molecule has 2 atom stereocenters. The smallest absolute Gasteiger partial charge is 0.143 e. The lowest BCUT2D eigenvalue weighted by molar-refractivity contribution is 0.672. The number of nitriles is 1. The predicted molar refractivity (Wildman–Crippen MR) is 65.6 cm³/mol. The average Bonchev–Trinajstić information content (AvgIpc) is 2.29. The fourth-order valence-corrected chi connectivity index (χ4v) is 1.65. The summed E-state index contributed by atoms with van der Waals surface area (Å²) in [7, 11) is -0.801. The molecule has 0 spiro atoms. The molecule has 86 valence electrons. The van der Waals surface area contributed by atoms with Gasteiger partial charge in [-0.25, -0.2) is 4.98 Å². The zero-order chi connectivity index (χ0) is 12.0. The summed E-state index contributed by atoms with van der Waals surface area (Å²) in [5, 5.41) is 12.1. The van der Waals surface area contributed by atoms with Crippen LogP contribution in [0.1, 0.15) is 18.9 Å². The first-order chi connectivity index (χ1) is 7.65. The van der Waals surface area contributed by atoms with Crippen molar-refractivity contribution in [2.45, 2.75) is 18.6 Å². The van der Waals surface area contributed by atoms with E-state index in [9.17, 15) is 4.21 Å². The molecule has 0 aromatic carbocycles. The lowest BCUT2D eigenvalue weighted by Gasteiger charge is -2.10. The van der Waals surface area contributed by atoms with Gasteiger partial charge in [0.1, 0.15) is 11.9 Å². The van der Waals surface area contributed by atoms with Crippen molar-refractivity contribution in [3.63, 3.8) is 0 Å². The third kappa shape index (κ3) is 3.63.